The number of fused-ring (bicyclic) bond motifs is 3. The molecule has 1 saturated carbocycles. The van der Waals surface area contributed by atoms with Gasteiger partial charge in [-0.25, -0.2) is 4.98 Å². The summed E-state index contributed by atoms with van der Waals surface area (Å²) >= 11 is 0. The highest BCUT2D eigenvalue weighted by Gasteiger charge is 2.23. The molecule has 1 aliphatic carbocycles. The molecule has 0 atom stereocenters. The summed E-state index contributed by atoms with van der Waals surface area (Å²) in [6.07, 6.45) is 10.1. The van der Waals surface area contributed by atoms with Gasteiger partial charge in [-0.3, -0.25) is 15.0 Å². The summed E-state index contributed by atoms with van der Waals surface area (Å²) in [6.45, 7) is 0. The Balaban J connectivity index is 1.29. The molecular formula is C35H25N5. The standard InChI is InChI=1S/C35H25N5/c1-2-8-33-29(6-1)35-34(9-5-17-38-35)40(33)28-18-27(21-36-22-28)26-19-31(25-14-12-24(13-15-25)23-10-11-23)39-32(20-26)30-7-3-4-16-37-30/h1-9,12-23H,10-11H2. The van der Waals surface area contributed by atoms with Gasteiger partial charge in [-0.1, -0.05) is 48.5 Å². The Kier molecular flexibility index (Phi) is 5.27. The van der Waals surface area contributed by atoms with Crippen LogP contribution in [0.3, 0.4) is 0 Å². The van der Waals surface area contributed by atoms with E-state index in [0.29, 0.717) is 0 Å². The molecule has 0 spiro atoms. The third-order valence-corrected chi connectivity index (χ3v) is 7.75. The van der Waals surface area contributed by atoms with Crippen molar-refractivity contribution in [2.45, 2.75) is 18.8 Å². The maximum absolute atomic E-state index is 5.05. The summed E-state index contributed by atoms with van der Waals surface area (Å²) in [5.74, 6) is 0.724. The second-order valence-corrected chi connectivity index (χ2v) is 10.4. The van der Waals surface area contributed by atoms with Crippen LogP contribution < -0.4 is 0 Å². The van der Waals surface area contributed by atoms with E-state index in [4.69, 9.17) is 15.0 Å². The molecule has 5 aromatic heterocycles. The predicted octanol–water partition coefficient (Wildman–Crippen LogP) is 8.24. The number of para-hydroxylation sites is 1. The smallest absolute Gasteiger partial charge is 0.0963 e. The van der Waals surface area contributed by atoms with E-state index in [1.54, 1.807) is 0 Å². The van der Waals surface area contributed by atoms with E-state index >= 15 is 0 Å². The summed E-state index contributed by atoms with van der Waals surface area (Å²) in [5, 5.41) is 1.13. The maximum atomic E-state index is 5.05. The van der Waals surface area contributed by atoms with E-state index in [-0.39, 0.29) is 0 Å². The zero-order valence-electron chi connectivity index (χ0n) is 21.8. The number of hydrogen-bond donors (Lipinski definition) is 0. The Morgan fingerprint density at radius 1 is 0.600 bits per heavy atom. The molecule has 1 aliphatic rings. The van der Waals surface area contributed by atoms with Crippen molar-refractivity contribution in [2.24, 2.45) is 0 Å². The van der Waals surface area contributed by atoms with Gasteiger partial charge >= 0.3 is 0 Å². The van der Waals surface area contributed by atoms with Crippen LogP contribution in [0.15, 0.2) is 122 Å². The predicted molar refractivity (Wildman–Crippen MR) is 160 cm³/mol. The SMILES string of the molecule is c1ccc(-c2cc(-c3cncc(-n4c5ccccc5c5ncccc54)c3)cc(-c3ccc(C4CC4)cc3)n2)nc1. The van der Waals surface area contributed by atoms with Crippen LogP contribution in [0.1, 0.15) is 24.3 Å². The van der Waals surface area contributed by atoms with Gasteiger partial charge in [0.25, 0.3) is 0 Å². The molecule has 40 heavy (non-hydrogen) atoms. The van der Waals surface area contributed by atoms with E-state index in [9.17, 15) is 0 Å². The van der Waals surface area contributed by atoms with Crippen LogP contribution in [-0.4, -0.2) is 24.5 Å². The van der Waals surface area contributed by atoms with Gasteiger partial charge in [0.05, 0.1) is 45.5 Å². The van der Waals surface area contributed by atoms with Crippen LogP contribution >= 0.6 is 0 Å². The van der Waals surface area contributed by atoms with E-state index in [1.807, 2.05) is 49.1 Å². The van der Waals surface area contributed by atoms with E-state index in [0.717, 1.165) is 67.3 Å². The number of hydrogen-bond acceptors (Lipinski definition) is 4. The molecule has 0 unspecified atom stereocenters. The summed E-state index contributed by atoms with van der Waals surface area (Å²) in [5.41, 5.74) is 11.3. The van der Waals surface area contributed by atoms with Crippen molar-refractivity contribution in [1.82, 2.24) is 24.5 Å². The fourth-order valence-electron chi connectivity index (χ4n) is 5.60. The second-order valence-electron chi connectivity index (χ2n) is 10.4. The highest BCUT2D eigenvalue weighted by atomic mass is 15.0. The first-order valence-electron chi connectivity index (χ1n) is 13.7. The Morgan fingerprint density at radius 3 is 2.25 bits per heavy atom. The van der Waals surface area contributed by atoms with Crippen LogP contribution in [0.25, 0.3) is 61.4 Å². The Bertz CT molecular complexity index is 1950. The van der Waals surface area contributed by atoms with Crippen LogP contribution in [0, 0.1) is 0 Å². The highest BCUT2D eigenvalue weighted by molar-refractivity contribution is 6.06. The molecule has 2 aromatic carbocycles. The van der Waals surface area contributed by atoms with E-state index in [2.05, 4.69) is 82.3 Å². The van der Waals surface area contributed by atoms with Crippen LogP contribution in [0.2, 0.25) is 0 Å². The Labute approximate surface area is 231 Å². The molecule has 1 fully saturated rings. The Morgan fingerprint density at radius 2 is 1.40 bits per heavy atom. The molecule has 5 heterocycles. The summed E-state index contributed by atoms with van der Waals surface area (Å²) < 4.78 is 2.24. The minimum Gasteiger partial charge on any atom is -0.306 e. The van der Waals surface area contributed by atoms with Gasteiger partial charge in [0.15, 0.2) is 0 Å². The largest absolute Gasteiger partial charge is 0.306 e. The van der Waals surface area contributed by atoms with Crippen molar-refractivity contribution in [2.75, 3.05) is 0 Å². The monoisotopic (exact) mass is 515 g/mol. The quantitative estimate of drug-likeness (QED) is 0.232. The zero-order chi connectivity index (χ0) is 26.5. The first-order chi connectivity index (χ1) is 19.8. The molecule has 0 N–H and O–H groups in total. The van der Waals surface area contributed by atoms with Gasteiger partial charge in [0, 0.05) is 35.1 Å². The number of pyridine rings is 4. The van der Waals surface area contributed by atoms with Gasteiger partial charge in [0.1, 0.15) is 0 Å². The number of nitrogens with zero attached hydrogens (tertiary/aromatic N) is 5. The number of rotatable bonds is 5. The topological polar surface area (TPSA) is 56.5 Å². The van der Waals surface area contributed by atoms with Crippen LogP contribution in [0.5, 0.6) is 0 Å². The fourth-order valence-corrected chi connectivity index (χ4v) is 5.60. The normalized spacial score (nSPS) is 13.2. The van der Waals surface area contributed by atoms with Crippen molar-refractivity contribution in [3.8, 4) is 39.5 Å². The van der Waals surface area contributed by atoms with Crippen molar-refractivity contribution in [3.63, 3.8) is 0 Å². The highest BCUT2D eigenvalue weighted by Crippen LogP contribution is 2.41. The molecule has 0 radical (unpaired) electrons. The second kappa shape index (κ2) is 9.24. The molecule has 0 bridgehead atoms. The van der Waals surface area contributed by atoms with Gasteiger partial charge in [-0.2, -0.15) is 0 Å². The molecule has 0 saturated heterocycles. The minimum atomic E-state index is 0.724. The summed E-state index contributed by atoms with van der Waals surface area (Å²) in [4.78, 5) is 19.0. The zero-order valence-corrected chi connectivity index (χ0v) is 21.8. The lowest BCUT2D eigenvalue weighted by molar-refractivity contribution is 1.13. The van der Waals surface area contributed by atoms with Crippen molar-refractivity contribution >= 4 is 21.9 Å². The maximum Gasteiger partial charge on any atom is 0.0963 e. The average Bonchev–Trinajstić information content (AvgIpc) is 3.83. The van der Waals surface area contributed by atoms with E-state index in [1.165, 1.54) is 18.4 Å². The fraction of sp³-hybridized carbons (Fsp3) is 0.0857. The minimum absolute atomic E-state index is 0.724. The van der Waals surface area contributed by atoms with Crippen molar-refractivity contribution in [1.29, 1.82) is 0 Å². The van der Waals surface area contributed by atoms with Gasteiger partial charge in [0.2, 0.25) is 0 Å². The molecule has 190 valence electrons. The van der Waals surface area contributed by atoms with Gasteiger partial charge < -0.3 is 4.57 Å². The van der Waals surface area contributed by atoms with Crippen molar-refractivity contribution in [3.05, 3.63) is 127 Å². The van der Waals surface area contributed by atoms with Gasteiger partial charge in [-0.05, 0) is 78.4 Å². The van der Waals surface area contributed by atoms with E-state index < -0.39 is 0 Å². The third-order valence-electron chi connectivity index (χ3n) is 7.75. The van der Waals surface area contributed by atoms with Crippen LogP contribution in [0.4, 0.5) is 0 Å². The first-order valence-corrected chi connectivity index (χ1v) is 13.7. The molecule has 0 aliphatic heterocycles. The molecular weight excluding hydrogens is 490 g/mol. The van der Waals surface area contributed by atoms with Crippen LogP contribution in [-0.2, 0) is 0 Å². The molecule has 5 heteroatoms. The number of aromatic nitrogens is 5. The van der Waals surface area contributed by atoms with Crippen molar-refractivity contribution < 1.29 is 0 Å². The summed E-state index contributed by atoms with van der Waals surface area (Å²) in [7, 11) is 0. The molecule has 7 aromatic rings. The Hall–Kier alpha value is -5.16. The third kappa shape index (κ3) is 3.95. The number of benzene rings is 2. The summed E-state index contributed by atoms with van der Waals surface area (Å²) in [6, 6.07) is 33.8. The molecule has 8 rings (SSSR count). The molecule has 0 amide bonds. The molecule has 5 nitrogen and oxygen atoms in total. The first kappa shape index (κ1) is 22.8. The lowest BCUT2D eigenvalue weighted by Crippen LogP contribution is -1.97. The lowest BCUT2D eigenvalue weighted by atomic mass is 10.0. The average molecular weight is 516 g/mol. The lowest BCUT2D eigenvalue weighted by Gasteiger charge is -2.12. The van der Waals surface area contributed by atoms with Gasteiger partial charge in [-0.15, -0.1) is 0 Å².